The molecule has 4 atom stereocenters. The number of fused-ring (bicyclic) bond motifs is 1. The first kappa shape index (κ1) is 21.2. The number of para-hydroxylation sites is 1. The highest BCUT2D eigenvalue weighted by atomic mass is 19.4. The maximum Gasteiger partial charge on any atom is 0.573 e. The fourth-order valence-electron chi connectivity index (χ4n) is 3.33. The molecule has 166 valence electrons. The molecule has 13 heteroatoms. The molecule has 0 amide bonds. The number of nitrogens with one attached hydrogen (secondary N) is 1. The second-order valence-corrected chi connectivity index (χ2v) is 6.78. The molecule has 1 aliphatic heterocycles. The minimum atomic E-state index is -4.82. The summed E-state index contributed by atoms with van der Waals surface area (Å²) in [6.45, 7) is -0.526. The molecule has 1 unspecified atom stereocenters. The molecule has 0 bridgehead atoms. The number of halogens is 3. The van der Waals surface area contributed by atoms with Crippen molar-refractivity contribution in [3.05, 3.63) is 42.5 Å². The van der Waals surface area contributed by atoms with Gasteiger partial charge in [-0.25, -0.2) is 15.0 Å². The van der Waals surface area contributed by atoms with Gasteiger partial charge in [0.2, 0.25) is 0 Å². The molecule has 1 aromatic carbocycles. The van der Waals surface area contributed by atoms with E-state index in [0.29, 0.717) is 0 Å². The van der Waals surface area contributed by atoms with Gasteiger partial charge in [-0.3, -0.25) is 4.57 Å². The van der Waals surface area contributed by atoms with Crippen molar-refractivity contribution in [2.24, 2.45) is 0 Å². The summed E-state index contributed by atoms with van der Waals surface area (Å²) in [5.41, 5.74) is 0.774. The second-order valence-electron chi connectivity index (χ2n) is 6.78. The number of aliphatic hydroxyl groups excluding tert-OH is 3. The Morgan fingerprint density at radius 3 is 2.61 bits per heavy atom. The molecule has 1 fully saturated rings. The van der Waals surface area contributed by atoms with E-state index < -0.39 is 37.5 Å². The number of ether oxygens (including phenoxy) is 2. The number of rotatable bonds is 6. The van der Waals surface area contributed by atoms with Crippen LogP contribution in [0.4, 0.5) is 19.0 Å². The van der Waals surface area contributed by atoms with E-state index in [2.05, 4.69) is 25.0 Å². The molecule has 10 nitrogen and oxygen atoms in total. The SMILES string of the molecule is OC[C@H]1OC(n2cnc3c(NCc4ccccc4OC(F)(F)F)ncnc32)[C@H](O)[C@@H]1O. The maximum atomic E-state index is 12.6. The van der Waals surface area contributed by atoms with Crippen molar-refractivity contribution in [1.82, 2.24) is 19.5 Å². The summed E-state index contributed by atoms with van der Waals surface area (Å²) in [5.74, 6) is -0.109. The van der Waals surface area contributed by atoms with Crippen molar-refractivity contribution in [2.75, 3.05) is 11.9 Å². The Labute approximate surface area is 172 Å². The van der Waals surface area contributed by atoms with E-state index in [4.69, 9.17) is 4.74 Å². The third kappa shape index (κ3) is 4.25. The highest BCUT2D eigenvalue weighted by Gasteiger charge is 2.44. The predicted molar refractivity (Wildman–Crippen MR) is 98.8 cm³/mol. The molecule has 1 saturated heterocycles. The van der Waals surface area contributed by atoms with E-state index in [0.717, 1.165) is 0 Å². The average Bonchev–Trinajstić information content (AvgIpc) is 3.28. The van der Waals surface area contributed by atoms with E-state index in [1.54, 1.807) is 6.07 Å². The average molecular weight is 441 g/mol. The Morgan fingerprint density at radius 2 is 1.90 bits per heavy atom. The number of hydrogen-bond donors (Lipinski definition) is 4. The molecular weight excluding hydrogens is 423 g/mol. The van der Waals surface area contributed by atoms with Crippen molar-refractivity contribution in [1.29, 1.82) is 0 Å². The third-order valence-electron chi connectivity index (χ3n) is 4.79. The number of imidazole rings is 1. The molecular formula is C18H18F3N5O5. The number of alkyl halides is 3. The van der Waals surface area contributed by atoms with Gasteiger partial charge in [-0.05, 0) is 6.07 Å². The molecule has 3 heterocycles. The van der Waals surface area contributed by atoms with Crippen LogP contribution in [0.25, 0.3) is 11.2 Å². The van der Waals surface area contributed by atoms with Gasteiger partial charge in [0.15, 0.2) is 23.2 Å². The van der Waals surface area contributed by atoms with Crippen LogP contribution < -0.4 is 10.1 Å². The summed E-state index contributed by atoms with van der Waals surface area (Å²) in [6.07, 6.45) is -6.92. The smallest absolute Gasteiger partial charge is 0.405 e. The van der Waals surface area contributed by atoms with Gasteiger partial charge in [0.05, 0.1) is 12.9 Å². The summed E-state index contributed by atoms with van der Waals surface area (Å²) in [7, 11) is 0. The summed E-state index contributed by atoms with van der Waals surface area (Å²) < 4.78 is 48.8. The Kier molecular flexibility index (Phi) is 5.66. The molecule has 31 heavy (non-hydrogen) atoms. The molecule has 4 N–H and O–H groups in total. The molecule has 4 rings (SSSR count). The summed E-state index contributed by atoms with van der Waals surface area (Å²) in [5, 5.41) is 32.4. The van der Waals surface area contributed by atoms with E-state index in [9.17, 15) is 28.5 Å². The van der Waals surface area contributed by atoms with E-state index in [1.165, 1.54) is 35.4 Å². The lowest BCUT2D eigenvalue weighted by Gasteiger charge is -2.16. The molecule has 0 saturated carbocycles. The maximum absolute atomic E-state index is 12.6. The van der Waals surface area contributed by atoms with Crippen molar-refractivity contribution >= 4 is 17.0 Å². The highest BCUT2D eigenvalue weighted by Crippen LogP contribution is 2.32. The van der Waals surface area contributed by atoms with E-state index >= 15 is 0 Å². The Morgan fingerprint density at radius 1 is 1.13 bits per heavy atom. The Bertz CT molecular complexity index is 1060. The molecule has 0 spiro atoms. The van der Waals surface area contributed by atoms with Gasteiger partial charge in [0, 0.05) is 12.1 Å². The lowest BCUT2D eigenvalue weighted by atomic mass is 10.1. The molecule has 1 aliphatic rings. The molecule has 2 aromatic heterocycles. The van der Waals surface area contributed by atoms with Crippen LogP contribution in [0.5, 0.6) is 5.75 Å². The standard InChI is InChI=1S/C18H18F3N5O5/c19-18(20,21)31-10-4-2-1-3-9(10)5-22-15-12-16(24-7-23-15)26(8-25-12)17-14(29)13(28)11(6-27)30-17/h1-4,7-8,11,13-14,17,27-29H,5-6H2,(H,22,23,24)/t11-,13-,14-,17?/m1/s1. The first-order valence-electron chi connectivity index (χ1n) is 9.16. The summed E-state index contributed by atoms with van der Waals surface area (Å²) in [6, 6.07) is 5.68. The van der Waals surface area contributed by atoms with Crippen LogP contribution in [0.2, 0.25) is 0 Å². The number of hydrogen-bond acceptors (Lipinski definition) is 9. The topological polar surface area (TPSA) is 135 Å². The highest BCUT2D eigenvalue weighted by molar-refractivity contribution is 5.82. The summed E-state index contributed by atoms with van der Waals surface area (Å²) >= 11 is 0. The number of nitrogens with zero attached hydrogens (tertiary/aromatic N) is 4. The number of anilines is 1. The van der Waals surface area contributed by atoms with Crippen LogP contribution in [-0.4, -0.2) is 66.1 Å². The zero-order chi connectivity index (χ0) is 22.2. The Hall–Kier alpha value is -3.00. The monoisotopic (exact) mass is 441 g/mol. The van der Waals surface area contributed by atoms with Crippen molar-refractivity contribution in [3.63, 3.8) is 0 Å². The minimum Gasteiger partial charge on any atom is -0.405 e. The lowest BCUT2D eigenvalue weighted by molar-refractivity contribution is -0.274. The van der Waals surface area contributed by atoms with Crippen LogP contribution in [0.1, 0.15) is 11.8 Å². The van der Waals surface area contributed by atoms with Crippen LogP contribution in [-0.2, 0) is 11.3 Å². The summed E-state index contributed by atoms with van der Waals surface area (Å²) in [4.78, 5) is 12.4. The lowest BCUT2D eigenvalue weighted by Crippen LogP contribution is -2.33. The second kappa shape index (κ2) is 8.26. The molecule has 0 radical (unpaired) electrons. The largest absolute Gasteiger partial charge is 0.573 e. The fraction of sp³-hybridized carbons (Fsp3) is 0.389. The van der Waals surface area contributed by atoms with E-state index in [1.807, 2.05) is 0 Å². The minimum absolute atomic E-state index is 0.0426. The van der Waals surface area contributed by atoms with Gasteiger partial charge in [0.25, 0.3) is 0 Å². The van der Waals surface area contributed by atoms with Gasteiger partial charge in [-0.2, -0.15) is 0 Å². The van der Waals surface area contributed by atoms with Gasteiger partial charge in [-0.15, -0.1) is 13.2 Å². The normalized spacial score (nSPS) is 23.9. The van der Waals surface area contributed by atoms with Gasteiger partial charge in [-0.1, -0.05) is 18.2 Å². The third-order valence-corrected chi connectivity index (χ3v) is 4.79. The van der Waals surface area contributed by atoms with Crippen LogP contribution in [0.3, 0.4) is 0 Å². The van der Waals surface area contributed by atoms with Gasteiger partial charge >= 0.3 is 6.36 Å². The quantitative estimate of drug-likeness (QED) is 0.441. The first-order valence-corrected chi connectivity index (χ1v) is 9.16. The fourth-order valence-corrected chi connectivity index (χ4v) is 3.33. The van der Waals surface area contributed by atoms with E-state index in [-0.39, 0.29) is 34.8 Å². The van der Waals surface area contributed by atoms with Crippen molar-refractivity contribution < 1.29 is 38.0 Å². The van der Waals surface area contributed by atoms with Crippen LogP contribution in [0, 0.1) is 0 Å². The zero-order valence-corrected chi connectivity index (χ0v) is 15.8. The van der Waals surface area contributed by atoms with Crippen LogP contribution >= 0.6 is 0 Å². The molecule has 3 aromatic rings. The molecule has 0 aliphatic carbocycles. The van der Waals surface area contributed by atoms with Crippen LogP contribution in [0.15, 0.2) is 36.9 Å². The van der Waals surface area contributed by atoms with Gasteiger partial charge in [0.1, 0.15) is 30.4 Å². The number of aromatic nitrogens is 4. The number of benzene rings is 1. The number of aliphatic hydroxyl groups is 3. The van der Waals surface area contributed by atoms with Crippen molar-refractivity contribution in [3.8, 4) is 5.75 Å². The zero-order valence-electron chi connectivity index (χ0n) is 15.8. The first-order chi connectivity index (χ1) is 14.8. The van der Waals surface area contributed by atoms with Gasteiger partial charge < -0.3 is 30.1 Å². The predicted octanol–water partition coefficient (Wildman–Crippen LogP) is 0.949. The Balaban J connectivity index is 1.58. The van der Waals surface area contributed by atoms with Crippen molar-refractivity contribution in [2.45, 2.75) is 37.4 Å².